The molecule has 146 valence electrons. The molecule has 3 aromatic rings. The zero-order chi connectivity index (χ0) is 20.8. The van der Waals surface area contributed by atoms with Gasteiger partial charge in [0.15, 0.2) is 12.4 Å². The van der Waals surface area contributed by atoms with Crippen LogP contribution in [0.3, 0.4) is 0 Å². The average molecular weight is 429 g/mol. The lowest BCUT2D eigenvalue weighted by Crippen LogP contribution is -2.22. The van der Waals surface area contributed by atoms with Crippen LogP contribution in [0.15, 0.2) is 66.9 Å². The van der Waals surface area contributed by atoms with Gasteiger partial charge in [-0.25, -0.2) is 9.78 Å². The van der Waals surface area contributed by atoms with Crippen molar-refractivity contribution >= 4 is 46.5 Å². The Hall–Kier alpha value is -3.22. The van der Waals surface area contributed by atoms with Gasteiger partial charge in [0.1, 0.15) is 5.15 Å². The van der Waals surface area contributed by atoms with Crippen LogP contribution in [-0.4, -0.2) is 29.3 Å². The molecule has 29 heavy (non-hydrogen) atoms. The molecule has 0 saturated heterocycles. The molecular formula is C21H14Cl2N2O4. The Morgan fingerprint density at radius 1 is 0.931 bits per heavy atom. The van der Waals surface area contributed by atoms with E-state index in [4.69, 9.17) is 27.9 Å². The molecule has 0 aliphatic rings. The van der Waals surface area contributed by atoms with Crippen molar-refractivity contribution in [2.45, 2.75) is 0 Å². The molecule has 3 rings (SSSR count). The molecule has 1 N–H and O–H groups in total. The third-order valence-corrected chi connectivity index (χ3v) is 4.53. The van der Waals surface area contributed by atoms with Gasteiger partial charge in [-0.1, -0.05) is 65.7 Å². The normalized spacial score (nSPS) is 10.3. The lowest BCUT2D eigenvalue weighted by Gasteiger charge is -2.11. The van der Waals surface area contributed by atoms with Crippen molar-refractivity contribution < 1.29 is 19.1 Å². The standard InChI is InChI=1S/C21H14Cl2N2O4/c22-16-10-14(11-24-20(16)23)21(28)29-12-18(26)25-17-9-5-4-8-15(17)19(27)13-6-2-1-3-7-13/h1-11H,12H2,(H,25,26). The number of para-hydroxylation sites is 1. The predicted molar refractivity (Wildman–Crippen MR) is 109 cm³/mol. The number of aromatic nitrogens is 1. The molecule has 8 heteroatoms. The van der Waals surface area contributed by atoms with Crippen molar-refractivity contribution in [1.82, 2.24) is 4.98 Å². The van der Waals surface area contributed by atoms with Crippen LogP contribution < -0.4 is 5.32 Å². The fourth-order valence-corrected chi connectivity index (χ4v) is 2.74. The number of hydrogen-bond donors (Lipinski definition) is 1. The van der Waals surface area contributed by atoms with E-state index in [9.17, 15) is 14.4 Å². The van der Waals surface area contributed by atoms with Crippen LogP contribution in [0.1, 0.15) is 26.3 Å². The monoisotopic (exact) mass is 428 g/mol. The number of hydrogen-bond acceptors (Lipinski definition) is 5. The van der Waals surface area contributed by atoms with Crippen molar-refractivity contribution in [3.63, 3.8) is 0 Å². The number of ether oxygens (including phenoxy) is 1. The highest BCUT2D eigenvalue weighted by molar-refractivity contribution is 6.41. The van der Waals surface area contributed by atoms with Crippen molar-refractivity contribution in [2.24, 2.45) is 0 Å². The average Bonchev–Trinajstić information content (AvgIpc) is 2.74. The third kappa shape index (κ3) is 5.19. The second-order valence-corrected chi connectivity index (χ2v) is 6.63. The SMILES string of the molecule is O=C(COC(=O)c1cnc(Cl)c(Cl)c1)Nc1ccccc1C(=O)c1ccccc1. The molecule has 0 bridgehead atoms. The summed E-state index contributed by atoms with van der Waals surface area (Å²) in [5.74, 6) is -1.61. The Balaban J connectivity index is 1.66. The molecule has 0 aliphatic heterocycles. The summed E-state index contributed by atoms with van der Waals surface area (Å²) < 4.78 is 4.96. The van der Waals surface area contributed by atoms with Gasteiger partial charge >= 0.3 is 5.97 Å². The Kier molecular flexibility index (Phi) is 6.59. The second-order valence-electron chi connectivity index (χ2n) is 5.86. The lowest BCUT2D eigenvalue weighted by molar-refractivity contribution is -0.119. The van der Waals surface area contributed by atoms with E-state index in [-0.39, 0.29) is 21.5 Å². The van der Waals surface area contributed by atoms with Crippen molar-refractivity contribution in [2.75, 3.05) is 11.9 Å². The quantitative estimate of drug-likeness (QED) is 0.356. The van der Waals surface area contributed by atoms with E-state index in [1.807, 2.05) is 6.07 Å². The van der Waals surface area contributed by atoms with Gasteiger partial charge in [0.2, 0.25) is 0 Å². The molecule has 0 saturated carbocycles. The summed E-state index contributed by atoms with van der Waals surface area (Å²) in [6, 6.07) is 16.6. The zero-order valence-corrected chi connectivity index (χ0v) is 16.4. The summed E-state index contributed by atoms with van der Waals surface area (Å²) in [7, 11) is 0. The minimum absolute atomic E-state index is 0.0562. The molecule has 0 radical (unpaired) electrons. The maximum atomic E-state index is 12.7. The number of benzene rings is 2. The van der Waals surface area contributed by atoms with Crippen molar-refractivity contribution in [3.05, 3.63) is 93.7 Å². The smallest absolute Gasteiger partial charge is 0.340 e. The molecule has 0 aliphatic carbocycles. The summed E-state index contributed by atoms with van der Waals surface area (Å²) in [5, 5.41) is 2.74. The van der Waals surface area contributed by atoms with Gasteiger partial charge in [-0.3, -0.25) is 9.59 Å². The first-order valence-electron chi connectivity index (χ1n) is 8.42. The molecule has 0 atom stereocenters. The van der Waals surface area contributed by atoms with Crippen molar-refractivity contribution in [1.29, 1.82) is 0 Å². The number of carbonyl (C=O) groups is 3. The first-order valence-corrected chi connectivity index (χ1v) is 9.18. The summed E-state index contributed by atoms with van der Waals surface area (Å²) in [6.45, 7) is -0.549. The second kappa shape index (κ2) is 9.32. The minimum atomic E-state index is -0.778. The van der Waals surface area contributed by atoms with E-state index in [1.165, 1.54) is 12.3 Å². The molecule has 0 fully saturated rings. The highest BCUT2D eigenvalue weighted by atomic mass is 35.5. The van der Waals surface area contributed by atoms with Crippen LogP contribution in [0.25, 0.3) is 0 Å². The van der Waals surface area contributed by atoms with Crippen LogP contribution in [0.2, 0.25) is 10.2 Å². The van der Waals surface area contributed by atoms with E-state index in [0.29, 0.717) is 16.8 Å². The Labute approximate surface area is 176 Å². The first kappa shape index (κ1) is 20.5. The van der Waals surface area contributed by atoms with Gasteiger partial charge in [0.25, 0.3) is 5.91 Å². The number of ketones is 1. The number of carbonyl (C=O) groups excluding carboxylic acids is 3. The summed E-state index contributed by atoms with van der Waals surface area (Å²) in [5.41, 5.74) is 1.20. The topological polar surface area (TPSA) is 85.4 Å². The summed E-state index contributed by atoms with van der Waals surface area (Å²) in [4.78, 5) is 40.7. The predicted octanol–water partition coefficient (Wildman–Crippen LogP) is 4.41. The number of anilines is 1. The number of esters is 1. The summed E-state index contributed by atoms with van der Waals surface area (Å²) in [6.07, 6.45) is 1.20. The minimum Gasteiger partial charge on any atom is -0.452 e. The van der Waals surface area contributed by atoms with E-state index < -0.39 is 18.5 Å². The highest BCUT2D eigenvalue weighted by Gasteiger charge is 2.16. The van der Waals surface area contributed by atoms with E-state index >= 15 is 0 Å². The number of pyridine rings is 1. The number of nitrogens with one attached hydrogen (secondary N) is 1. The van der Waals surface area contributed by atoms with Crippen LogP contribution in [0.4, 0.5) is 5.69 Å². The Morgan fingerprint density at radius 3 is 2.34 bits per heavy atom. The Morgan fingerprint density at radius 2 is 1.62 bits per heavy atom. The highest BCUT2D eigenvalue weighted by Crippen LogP contribution is 2.21. The number of nitrogens with zero attached hydrogens (tertiary/aromatic N) is 1. The van der Waals surface area contributed by atoms with E-state index in [1.54, 1.807) is 48.5 Å². The Bertz CT molecular complexity index is 1070. The number of amides is 1. The molecule has 0 spiro atoms. The third-order valence-electron chi connectivity index (χ3n) is 3.85. The lowest BCUT2D eigenvalue weighted by atomic mass is 10.0. The van der Waals surface area contributed by atoms with Crippen molar-refractivity contribution in [3.8, 4) is 0 Å². The van der Waals surface area contributed by atoms with Crippen LogP contribution in [0, 0.1) is 0 Å². The first-order chi connectivity index (χ1) is 14.0. The molecule has 2 aromatic carbocycles. The maximum absolute atomic E-state index is 12.7. The van der Waals surface area contributed by atoms with Gasteiger partial charge in [-0.2, -0.15) is 0 Å². The molecule has 1 amide bonds. The molecule has 0 unspecified atom stereocenters. The van der Waals surface area contributed by atoms with E-state index in [2.05, 4.69) is 10.3 Å². The van der Waals surface area contributed by atoms with Gasteiger partial charge < -0.3 is 10.1 Å². The molecule has 1 aromatic heterocycles. The van der Waals surface area contributed by atoms with E-state index in [0.717, 1.165) is 0 Å². The fraction of sp³-hybridized carbons (Fsp3) is 0.0476. The molecule has 6 nitrogen and oxygen atoms in total. The number of rotatable bonds is 6. The van der Waals surface area contributed by atoms with Gasteiger partial charge in [0, 0.05) is 17.3 Å². The van der Waals surface area contributed by atoms with Gasteiger partial charge in [-0.05, 0) is 18.2 Å². The molecule has 1 heterocycles. The fourth-order valence-electron chi connectivity index (χ4n) is 2.47. The maximum Gasteiger partial charge on any atom is 0.340 e. The van der Waals surface area contributed by atoms with Gasteiger partial charge in [-0.15, -0.1) is 0 Å². The van der Waals surface area contributed by atoms with Gasteiger partial charge in [0.05, 0.1) is 16.3 Å². The van der Waals surface area contributed by atoms with Crippen LogP contribution in [-0.2, 0) is 9.53 Å². The largest absolute Gasteiger partial charge is 0.452 e. The summed E-state index contributed by atoms with van der Waals surface area (Å²) >= 11 is 11.5. The van der Waals surface area contributed by atoms with Crippen LogP contribution >= 0.6 is 23.2 Å². The molecular weight excluding hydrogens is 415 g/mol. The van der Waals surface area contributed by atoms with Crippen LogP contribution in [0.5, 0.6) is 0 Å². The number of halogens is 2. The zero-order valence-electron chi connectivity index (χ0n) is 14.9.